The van der Waals surface area contributed by atoms with Gasteiger partial charge in [0, 0.05) is 31.4 Å². The molecule has 0 saturated carbocycles. The molecule has 8 heteroatoms. The summed E-state index contributed by atoms with van der Waals surface area (Å²) in [6.45, 7) is 5.09. The Morgan fingerprint density at radius 1 is 1.09 bits per heavy atom. The fourth-order valence-electron chi connectivity index (χ4n) is 3.96. The Balaban J connectivity index is 1.49. The molecule has 4 rings (SSSR count). The minimum absolute atomic E-state index is 0.221. The molecule has 1 fully saturated rings. The number of methoxy groups -OCH3 is 1. The number of rotatable bonds is 6. The molecule has 0 bridgehead atoms. The average molecular weight is 449 g/mol. The van der Waals surface area contributed by atoms with Crippen LogP contribution in [0.5, 0.6) is 17.2 Å². The van der Waals surface area contributed by atoms with Gasteiger partial charge in [-0.05, 0) is 38.1 Å². The van der Waals surface area contributed by atoms with Crippen molar-refractivity contribution >= 4 is 11.6 Å². The van der Waals surface area contributed by atoms with Crippen LogP contribution in [0.15, 0.2) is 60.9 Å². The van der Waals surface area contributed by atoms with E-state index in [0.29, 0.717) is 36.8 Å². The lowest BCUT2D eigenvalue weighted by Crippen LogP contribution is -2.59. The van der Waals surface area contributed by atoms with Crippen LogP contribution in [-0.2, 0) is 0 Å². The number of piperazine rings is 1. The highest BCUT2D eigenvalue weighted by Crippen LogP contribution is 2.30. The molecular weight excluding hydrogens is 420 g/mol. The van der Waals surface area contributed by atoms with Crippen molar-refractivity contribution in [2.75, 3.05) is 31.6 Å². The van der Waals surface area contributed by atoms with E-state index in [2.05, 4.69) is 14.9 Å². The highest BCUT2D eigenvalue weighted by Gasteiger charge is 2.35. The Kier molecular flexibility index (Phi) is 6.74. The Hall–Kier alpha value is -3.65. The van der Waals surface area contributed by atoms with Gasteiger partial charge in [-0.2, -0.15) is 0 Å². The summed E-state index contributed by atoms with van der Waals surface area (Å²) in [7, 11) is 1.63. The zero-order chi connectivity index (χ0) is 23.4. The highest BCUT2D eigenvalue weighted by atomic mass is 16.5. The minimum atomic E-state index is -0.721. The zero-order valence-electron chi connectivity index (χ0n) is 19.0. The molecule has 2 aromatic heterocycles. The van der Waals surface area contributed by atoms with Gasteiger partial charge in [-0.25, -0.2) is 4.98 Å². The van der Waals surface area contributed by atoms with Crippen LogP contribution in [0.4, 0.5) is 5.69 Å². The standard InChI is InChI=1S/C25H28N4O4/c1-17-13-24(32-3)22(15-26-17)28-11-12-29(23(16-28)18(2)30)25(31)21-10-9-20(14-27-21)33-19-7-5-4-6-8-19/h4-10,13-15,18,23,30H,11-12,16H2,1-3H3/t18-,23-/m1/s1. The first-order chi connectivity index (χ1) is 16.0. The van der Waals surface area contributed by atoms with Crippen LogP contribution in [0.25, 0.3) is 0 Å². The Labute approximate surface area is 193 Å². The number of benzene rings is 1. The molecule has 0 radical (unpaired) electrons. The number of hydrogen-bond donors (Lipinski definition) is 1. The lowest BCUT2D eigenvalue weighted by atomic mass is 10.1. The molecule has 1 aliphatic rings. The number of hydrogen-bond acceptors (Lipinski definition) is 7. The quantitative estimate of drug-likeness (QED) is 0.619. The van der Waals surface area contributed by atoms with Gasteiger partial charge >= 0.3 is 0 Å². The van der Waals surface area contributed by atoms with Gasteiger partial charge < -0.3 is 24.4 Å². The smallest absolute Gasteiger partial charge is 0.272 e. The number of carbonyl (C=O) groups excluding carboxylic acids is 1. The third-order valence-corrected chi connectivity index (χ3v) is 5.71. The molecule has 33 heavy (non-hydrogen) atoms. The summed E-state index contributed by atoms with van der Waals surface area (Å²) in [6.07, 6.45) is 2.59. The minimum Gasteiger partial charge on any atom is -0.494 e. The van der Waals surface area contributed by atoms with E-state index in [4.69, 9.17) is 9.47 Å². The molecule has 0 unspecified atom stereocenters. The molecular formula is C25H28N4O4. The van der Waals surface area contributed by atoms with Gasteiger partial charge in [-0.3, -0.25) is 9.78 Å². The molecule has 1 aromatic carbocycles. The summed E-state index contributed by atoms with van der Waals surface area (Å²) in [4.78, 5) is 25.7. The number of ether oxygens (including phenoxy) is 2. The second kappa shape index (κ2) is 9.87. The second-order valence-electron chi connectivity index (χ2n) is 8.04. The van der Waals surface area contributed by atoms with Crippen LogP contribution in [0.3, 0.4) is 0 Å². The predicted molar refractivity (Wildman–Crippen MR) is 125 cm³/mol. The van der Waals surface area contributed by atoms with Crippen molar-refractivity contribution in [3.8, 4) is 17.2 Å². The maximum atomic E-state index is 13.3. The number of anilines is 1. The van der Waals surface area contributed by atoms with E-state index in [0.717, 1.165) is 17.1 Å². The fraction of sp³-hybridized carbons (Fsp3) is 0.320. The summed E-state index contributed by atoms with van der Waals surface area (Å²) in [5, 5.41) is 10.5. The normalized spacial score (nSPS) is 16.9. The Morgan fingerprint density at radius 2 is 1.88 bits per heavy atom. The topological polar surface area (TPSA) is 88.0 Å². The lowest BCUT2D eigenvalue weighted by molar-refractivity contribution is 0.0367. The van der Waals surface area contributed by atoms with E-state index in [-0.39, 0.29) is 5.91 Å². The highest BCUT2D eigenvalue weighted by molar-refractivity contribution is 5.93. The lowest BCUT2D eigenvalue weighted by Gasteiger charge is -2.43. The van der Waals surface area contributed by atoms with E-state index in [1.807, 2.05) is 43.3 Å². The zero-order valence-corrected chi connectivity index (χ0v) is 19.0. The molecule has 8 nitrogen and oxygen atoms in total. The monoisotopic (exact) mass is 448 g/mol. The SMILES string of the molecule is COc1cc(C)ncc1N1CCN(C(=O)c2ccc(Oc3ccccc3)cn2)[C@@H]([C@@H](C)O)C1. The van der Waals surface area contributed by atoms with Crippen LogP contribution in [0.2, 0.25) is 0 Å². The van der Waals surface area contributed by atoms with E-state index < -0.39 is 12.1 Å². The van der Waals surface area contributed by atoms with E-state index >= 15 is 0 Å². The number of aryl methyl sites for hydroxylation is 1. The maximum Gasteiger partial charge on any atom is 0.272 e. The molecule has 3 heterocycles. The first kappa shape index (κ1) is 22.5. The van der Waals surface area contributed by atoms with Crippen molar-refractivity contribution in [1.29, 1.82) is 0 Å². The Bertz CT molecular complexity index is 1090. The second-order valence-corrected chi connectivity index (χ2v) is 8.04. The van der Waals surface area contributed by atoms with Crippen LogP contribution in [0.1, 0.15) is 23.1 Å². The summed E-state index contributed by atoms with van der Waals surface area (Å²) >= 11 is 0. The first-order valence-electron chi connectivity index (χ1n) is 10.9. The van der Waals surface area contributed by atoms with Gasteiger partial charge in [0.15, 0.2) is 0 Å². The molecule has 3 aromatic rings. The van der Waals surface area contributed by atoms with Crippen molar-refractivity contribution < 1.29 is 19.4 Å². The van der Waals surface area contributed by atoms with Crippen LogP contribution < -0.4 is 14.4 Å². The largest absolute Gasteiger partial charge is 0.494 e. The third kappa shape index (κ3) is 5.06. The number of pyridine rings is 2. The number of aromatic nitrogens is 2. The van der Waals surface area contributed by atoms with Gasteiger partial charge in [-0.15, -0.1) is 0 Å². The van der Waals surface area contributed by atoms with Crippen molar-refractivity contribution in [3.05, 3.63) is 72.3 Å². The number of aliphatic hydroxyl groups excluding tert-OH is 1. The van der Waals surface area contributed by atoms with E-state index in [1.54, 1.807) is 37.3 Å². The number of nitrogens with zero attached hydrogens (tertiary/aromatic N) is 4. The average Bonchev–Trinajstić information content (AvgIpc) is 2.84. The number of carbonyl (C=O) groups is 1. The molecule has 2 atom stereocenters. The molecule has 172 valence electrons. The predicted octanol–water partition coefficient (Wildman–Crippen LogP) is 3.30. The number of amides is 1. The summed E-state index contributed by atoms with van der Waals surface area (Å²) in [5.41, 5.74) is 2.02. The van der Waals surface area contributed by atoms with Crippen LogP contribution >= 0.6 is 0 Å². The van der Waals surface area contributed by atoms with Crippen molar-refractivity contribution in [1.82, 2.24) is 14.9 Å². The van der Waals surface area contributed by atoms with Crippen LogP contribution in [-0.4, -0.2) is 64.8 Å². The van der Waals surface area contributed by atoms with Crippen LogP contribution in [0, 0.1) is 6.92 Å². The van der Waals surface area contributed by atoms with Crippen molar-refractivity contribution in [3.63, 3.8) is 0 Å². The maximum absolute atomic E-state index is 13.3. The van der Waals surface area contributed by atoms with Gasteiger partial charge in [0.1, 0.15) is 22.9 Å². The van der Waals surface area contributed by atoms with Crippen molar-refractivity contribution in [2.45, 2.75) is 26.0 Å². The molecule has 0 spiro atoms. The third-order valence-electron chi connectivity index (χ3n) is 5.71. The molecule has 1 aliphatic heterocycles. The molecule has 1 saturated heterocycles. The molecule has 0 aliphatic carbocycles. The fourth-order valence-corrected chi connectivity index (χ4v) is 3.96. The van der Waals surface area contributed by atoms with E-state index in [9.17, 15) is 9.90 Å². The van der Waals surface area contributed by atoms with Crippen molar-refractivity contribution in [2.24, 2.45) is 0 Å². The van der Waals surface area contributed by atoms with Gasteiger partial charge in [-0.1, -0.05) is 18.2 Å². The first-order valence-corrected chi connectivity index (χ1v) is 10.9. The van der Waals surface area contributed by atoms with Gasteiger partial charge in [0.2, 0.25) is 0 Å². The Morgan fingerprint density at radius 3 is 2.55 bits per heavy atom. The van der Waals surface area contributed by atoms with E-state index in [1.165, 1.54) is 6.20 Å². The molecule has 1 amide bonds. The van der Waals surface area contributed by atoms with Gasteiger partial charge in [0.05, 0.1) is 37.3 Å². The summed E-state index contributed by atoms with van der Waals surface area (Å²) in [6, 6.07) is 14.2. The number of para-hydroxylation sites is 1. The summed E-state index contributed by atoms with van der Waals surface area (Å²) in [5.74, 6) is 1.75. The van der Waals surface area contributed by atoms with Gasteiger partial charge in [0.25, 0.3) is 5.91 Å². The summed E-state index contributed by atoms with van der Waals surface area (Å²) < 4.78 is 11.3. The number of aliphatic hydroxyl groups is 1. The molecule has 1 N–H and O–H groups in total.